The van der Waals surface area contributed by atoms with E-state index in [0.29, 0.717) is 6.54 Å². The van der Waals surface area contributed by atoms with E-state index < -0.39 is 11.9 Å². The molecule has 5 heteroatoms. The van der Waals surface area contributed by atoms with Crippen LogP contribution in [0, 0.1) is 5.92 Å². The summed E-state index contributed by atoms with van der Waals surface area (Å²) in [6.45, 7) is 6.21. The van der Waals surface area contributed by atoms with Gasteiger partial charge in [0, 0.05) is 12.5 Å². The summed E-state index contributed by atoms with van der Waals surface area (Å²) in [7, 11) is 0. The van der Waals surface area contributed by atoms with Crippen LogP contribution in [0.5, 0.6) is 0 Å². The maximum absolute atomic E-state index is 10.8. The molecule has 0 aromatic carbocycles. The van der Waals surface area contributed by atoms with E-state index in [1.165, 1.54) is 6.33 Å². The lowest BCUT2D eigenvalue weighted by atomic mass is 9.95. The number of carboxylic acids is 1. The van der Waals surface area contributed by atoms with Crippen molar-refractivity contribution in [2.45, 2.75) is 33.2 Å². The first-order valence-electron chi connectivity index (χ1n) is 4.68. The molecular formula is C9H15N3O2. The van der Waals surface area contributed by atoms with E-state index in [0.717, 1.165) is 5.82 Å². The summed E-state index contributed by atoms with van der Waals surface area (Å²) in [5.41, 5.74) is 0. The summed E-state index contributed by atoms with van der Waals surface area (Å²) in [6.07, 6.45) is 1.46. The SMILES string of the molecule is CCn1ncnc1C(C)C(C)C(=O)O. The van der Waals surface area contributed by atoms with E-state index in [-0.39, 0.29) is 5.92 Å². The van der Waals surface area contributed by atoms with Gasteiger partial charge in [0.05, 0.1) is 5.92 Å². The number of rotatable bonds is 4. The number of carbonyl (C=O) groups is 1. The van der Waals surface area contributed by atoms with Gasteiger partial charge in [0.15, 0.2) is 0 Å². The second-order valence-electron chi connectivity index (χ2n) is 3.35. The van der Waals surface area contributed by atoms with Gasteiger partial charge in [0.25, 0.3) is 0 Å². The molecule has 0 bridgehead atoms. The Hall–Kier alpha value is -1.39. The highest BCUT2D eigenvalue weighted by atomic mass is 16.4. The van der Waals surface area contributed by atoms with Crippen LogP contribution >= 0.6 is 0 Å². The summed E-state index contributed by atoms with van der Waals surface area (Å²) < 4.78 is 1.73. The van der Waals surface area contributed by atoms with E-state index in [2.05, 4.69) is 10.1 Å². The fourth-order valence-corrected chi connectivity index (χ4v) is 1.31. The Labute approximate surface area is 82.8 Å². The molecule has 0 amide bonds. The Kier molecular flexibility index (Phi) is 3.22. The molecule has 14 heavy (non-hydrogen) atoms. The first kappa shape index (κ1) is 10.7. The monoisotopic (exact) mass is 197 g/mol. The van der Waals surface area contributed by atoms with E-state index >= 15 is 0 Å². The predicted octanol–water partition coefficient (Wildman–Crippen LogP) is 1.12. The van der Waals surface area contributed by atoms with Gasteiger partial charge in [-0.2, -0.15) is 5.10 Å². The second kappa shape index (κ2) is 4.21. The zero-order valence-corrected chi connectivity index (χ0v) is 8.64. The molecule has 2 unspecified atom stereocenters. The van der Waals surface area contributed by atoms with Gasteiger partial charge < -0.3 is 5.11 Å². The number of nitrogens with zero attached hydrogens (tertiary/aromatic N) is 3. The molecule has 1 aromatic rings. The third-order valence-electron chi connectivity index (χ3n) is 2.49. The molecule has 78 valence electrons. The van der Waals surface area contributed by atoms with Crippen molar-refractivity contribution in [2.24, 2.45) is 5.92 Å². The molecule has 5 nitrogen and oxygen atoms in total. The first-order chi connectivity index (χ1) is 6.57. The van der Waals surface area contributed by atoms with Crippen molar-refractivity contribution in [3.63, 3.8) is 0 Å². The fourth-order valence-electron chi connectivity index (χ4n) is 1.31. The zero-order chi connectivity index (χ0) is 10.7. The highest BCUT2D eigenvalue weighted by molar-refractivity contribution is 5.70. The molecule has 0 saturated heterocycles. The first-order valence-corrected chi connectivity index (χ1v) is 4.68. The van der Waals surface area contributed by atoms with E-state index in [1.807, 2.05) is 13.8 Å². The van der Waals surface area contributed by atoms with Gasteiger partial charge in [0.1, 0.15) is 12.2 Å². The quantitative estimate of drug-likeness (QED) is 0.785. The van der Waals surface area contributed by atoms with Gasteiger partial charge in [-0.15, -0.1) is 0 Å². The van der Waals surface area contributed by atoms with Crippen LogP contribution < -0.4 is 0 Å². The Morgan fingerprint density at radius 3 is 2.79 bits per heavy atom. The van der Waals surface area contributed by atoms with Gasteiger partial charge in [-0.3, -0.25) is 9.48 Å². The number of hydrogen-bond acceptors (Lipinski definition) is 3. The summed E-state index contributed by atoms with van der Waals surface area (Å²) in [4.78, 5) is 14.9. The number of hydrogen-bond donors (Lipinski definition) is 1. The van der Waals surface area contributed by atoms with Crippen LogP contribution in [-0.4, -0.2) is 25.8 Å². The second-order valence-corrected chi connectivity index (χ2v) is 3.35. The average Bonchev–Trinajstić information content (AvgIpc) is 2.62. The molecule has 0 radical (unpaired) electrons. The van der Waals surface area contributed by atoms with E-state index in [1.54, 1.807) is 11.6 Å². The minimum atomic E-state index is -0.803. The van der Waals surface area contributed by atoms with Crippen LogP contribution in [0.3, 0.4) is 0 Å². The number of aryl methyl sites for hydroxylation is 1. The van der Waals surface area contributed by atoms with Gasteiger partial charge in [-0.05, 0) is 6.92 Å². The third kappa shape index (κ3) is 1.92. The lowest BCUT2D eigenvalue weighted by molar-refractivity contribution is -0.141. The molecule has 0 aliphatic rings. The lowest BCUT2D eigenvalue weighted by Crippen LogP contribution is -2.20. The minimum Gasteiger partial charge on any atom is -0.481 e. The van der Waals surface area contributed by atoms with Crippen molar-refractivity contribution in [1.29, 1.82) is 0 Å². The van der Waals surface area contributed by atoms with Crippen LogP contribution in [0.1, 0.15) is 32.5 Å². The number of aliphatic carboxylic acids is 1. The molecule has 1 heterocycles. The Morgan fingerprint density at radius 1 is 1.64 bits per heavy atom. The maximum atomic E-state index is 10.8. The van der Waals surface area contributed by atoms with Crippen molar-refractivity contribution in [3.8, 4) is 0 Å². The van der Waals surface area contributed by atoms with Crippen molar-refractivity contribution in [2.75, 3.05) is 0 Å². The summed E-state index contributed by atoms with van der Waals surface area (Å²) >= 11 is 0. The Bertz CT molecular complexity index is 322. The van der Waals surface area contributed by atoms with Crippen LogP contribution in [0.2, 0.25) is 0 Å². The molecule has 0 saturated carbocycles. The number of carboxylic acid groups (broad SMARTS) is 1. The molecule has 2 atom stereocenters. The molecule has 0 fully saturated rings. The zero-order valence-electron chi connectivity index (χ0n) is 8.64. The van der Waals surface area contributed by atoms with Crippen LogP contribution in [0.4, 0.5) is 0 Å². The smallest absolute Gasteiger partial charge is 0.306 e. The average molecular weight is 197 g/mol. The Morgan fingerprint density at radius 2 is 2.29 bits per heavy atom. The number of aromatic nitrogens is 3. The third-order valence-corrected chi connectivity index (χ3v) is 2.49. The van der Waals surface area contributed by atoms with Gasteiger partial charge in [0.2, 0.25) is 0 Å². The van der Waals surface area contributed by atoms with Crippen molar-refractivity contribution in [1.82, 2.24) is 14.8 Å². The normalized spacial score (nSPS) is 15.1. The summed E-state index contributed by atoms with van der Waals surface area (Å²) in [5.74, 6) is -0.620. The van der Waals surface area contributed by atoms with Crippen molar-refractivity contribution < 1.29 is 9.90 Å². The molecule has 0 aliphatic carbocycles. The summed E-state index contributed by atoms with van der Waals surface area (Å²) in [6, 6.07) is 0. The fraction of sp³-hybridized carbons (Fsp3) is 0.667. The maximum Gasteiger partial charge on any atom is 0.306 e. The van der Waals surface area contributed by atoms with E-state index in [9.17, 15) is 4.79 Å². The molecular weight excluding hydrogens is 182 g/mol. The predicted molar refractivity (Wildman–Crippen MR) is 50.9 cm³/mol. The van der Waals surface area contributed by atoms with Crippen molar-refractivity contribution >= 4 is 5.97 Å². The van der Waals surface area contributed by atoms with Gasteiger partial charge in [-0.25, -0.2) is 4.98 Å². The summed E-state index contributed by atoms with van der Waals surface area (Å²) in [5, 5.41) is 12.9. The van der Waals surface area contributed by atoms with Crippen LogP contribution in [0.25, 0.3) is 0 Å². The standard InChI is InChI=1S/C9H15N3O2/c1-4-12-8(10-5-11-12)6(2)7(3)9(13)14/h5-7H,4H2,1-3H3,(H,13,14). The Balaban J connectivity index is 2.88. The molecule has 0 aliphatic heterocycles. The molecule has 1 aromatic heterocycles. The highest BCUT2D eigenvalue weighted by Gasteiger charge is 2.24. The molecule has 1 N–H and O–H groups in total. The highest BCUT2D eigenvalue weighted by Crippen LogP contribution is 2.21. The van der Waals surface area contributed by atoms with Gasteiger partial charge >= 0.3 is 5.97 Å². The molecule has 0 spiro atoms. The topological polar surface area (TPSA) is 68.0 Å². The van der Waals surface area contributed by atoms with E-state index in [4.69, 9.17) is 5.11 Å². The van der Waals surface area contributed by atoms with Crippen LogP contribution in [0.15, 0.2) is 6.33 Å². The van der Waals surface area contributed by atoms with Crippen molar-refractivity contribution in [3.05, 3.63) is 12.2 Å². The minimum absolute atomic E-state index is 0.116. The molecule has 1 rings (SSSR count). The van der Waals surface area contributed by atoms with Crippen LogP contribution in [-0.2, 0) is 11.3 Å². The lowest BCUT2D eigenvalue weighted by Gasteiger charge is -2.15. The van der Waals surface area contributed by atoms with Gasteiger partial charge in [-0.1, -0.05) is 13.8 Å². The largest absolute Gasteiger partial charge is 0.481 e.